The average Bonchev–Trinajstić information content (AvgIpc) is 3.21. The van der Waals surface area contributed by atoms with Gasteiger partial charge in [0.2, 0.25) is 8.32 Å². The molecule has 0 aliphatic carbocycles. The first kappa shape index (κ1) is 33.3. The van der Waals surface area contributed by atoms with E-state index in [0.29, 0.717) is 12.1 Å². The normalized spacial score (nSPS) is 12.8. The Balaban J connectivity index is 2.14. The zero-order valence-electron chi connectivity index (χ0n) is 26.7. The number of methoxy groups -OCH3 is 1. The van der Waals surface area contributed by atoms with E-state index in [2.05, 4.69) is 120 Å². The number of nitrogens with zero attached hydrogens (tertiary/aromatic N) is 3. The number of esters is 1. The highest BCUT2D eigenvalue weighted by molar-refractivity contribution is 14.1. The lowest BCUT2D eigenvalue weighted by Gasteiger charge is -2.39. The number of hydrogen-bond donors (Lipinski definition) is 0. The average molecular weight is 708 g/mol. The molecule has 0 unspecified atom stereocenters. The van der Waals surface area contributed by atoms with Crippen LogP contribution >= 0.6 is 22.6 Å². The molecule has 3 aromatic rings. The summed E-state index contributed by atoms with van der Waals surface area (Å²) in [7, 11) is -2.89. The van der Waals surface area contributed by atoms with Crippen molar-refractivity contribution >= 4 is 45.2 Å². The van der Waals surface area contributed by atoms with Gasteiger partial charge in [-0.2, -0.15) is 0 Å². The SMILES string of the molecule is CCc1cc(-c2nnn(Cc3cccc(C(=O)OC)c3)c2I)c(O[Si](C)(C)C(C)(C)C)cc1O[Si](C)(C)C(C)(C)C. The molecule has 7 nitrogen and oxygen atoms in total. The Kier molecular flexibility index (Phi) is 9.91. The molecular formula is C31H46IN3O4Si2. The lowest BCUT2D eigenvalue weighted by molar-refractivity contribution is 0.0600. The summed E-state index contributed by atoms with van der Waals surface area (Å²) in [5.41, 5.74) is 4.27. The summed E-state index contributed by atoms with van der Waals surface area (Å²) in [6.45, 7) is 25.2. The molecule has 2 aromatic carbocycles. The molecule has 0 spiro atoms. The molecule has 0 saturated carbocycles. The van der Waals surface area contributed by atoms with Crippen LogP contribution in [0.4, 0.5) is 0 Å². The molecule has 0 bridgehead atoms. The van der Waals surface area contributed by atoms with Crippen molar-refractivity contribution in [1.29, 1.82) is 0 Å². The van der Waals surface area contributed by atoms with E-state index in [0.717, 1.165) is 44.0 Å². The van der Waals surface area contributed by atoms with Crippen molar-refractivity contribution in [2.45, 2.75) is 97.7 Å². The van der Waals surface area contributed by atoms with Crippen LogP contribution < -0.4 is 8.85 Å². The molecule has 0 fully saturated rings. The summed E-state index contributed by atoms with van der Waals surface area (Å²) in [5.74, 6) is 1.33. The van der Waals surface area contributed by atoms with Gasteiger partial charge in [-0.25, -0.2) is 9.48 Å². The quantitative estimate of drug-likeness (QED) is 0.126. The van der Waals surface area contributed by atoms with Crippen molar-refractivity contribution in [2.75, 3.05) is 7.11 Å². The highest BCUT2D eigenvalue weighted by atomic mass is 127. The van der Waals surface area contributed by atoms with E-state index >= 15 is 0 Å². The minimum absolute atomic E-state index is 0.0174. The van der Waals surface area contributed by atoms with E-state index < -0.39 is 16.6 Å². The van der Waals surface area contributed by atoms with Crippen LogP contribution in [0.15, 0.2) is 36.4 Å². The summed E-state index contributed by atoms with van der Waals surface area (Å²) in [6.07, 6.45) is 0.822. The van der Waals surface area contributed by atoms with Gasteiger partial charge in [-0.1, -0.05) is 65.8 Å². The molecule has 1 aromatic heterocycles. The standard InChI is InChI=1S/C31H46IN3O4Si2/c1-13-22-18-24(27-28(32)35(34-33-27)20-21-15-14-16-23(17-21)29(36)37-8)26(39-41(11,12)31(5,6)7)19-25(22)38-40(9,10)30(2,3)4/h14-19H,13,20H2,1-12H3. The third kappa shape index (κ3) is 7.43. The van der Waals surface area contributed by atoms with Gasteiger partial charge in [-0.3, -0.25) is 0 Å². The first-order chi connectivity index (χ1) is 18.8. The van der Waals surface area contributed by atoms with Gasteiger partial charge >= 0.3 is 5.97 Å². The summed E-state index contributed by atoms with van der Waals surface area (Å²) in [4.78, 5) is 12.0. The molecular weight excluding hydrogens is 661 g/mol. The molecule has 10 heteroatoms. The second kappa shape index (κ2) is 12.2. The molecule has 0 aliphatic rings. The Morgan fingerprint density at radius 2 is 1.51 bits per heavy atom. The second-order valence-electron chi connectivity index (χ2n) is 13.6. The Morgan fingerprint density at radius 1 is 0.927 bits per heavy atom. The van der Waals surface area contributed by atoms with Crippen LogP contribution in [0.1, 0.15) is 70.0 Å². The van der Waals surface area contributed by atoms with E-state index in [1.807, 2.05) is 22.9 Å². The number of ether oxygens (including phenoxy) is 1. The van der Waals surface area contributed by atoms with E-state index in [9.17, 15) is 4.79 Å². The predicted octanol–water partition coefficient (Wildman–Crippen LogP) is 8.72. The van der Waals surface area contributed by atoms with Gasteiger partial charge in [0.05, 0.1) is 19.2 Å². The van der Waals surface area contributed by atoms with Crippen molar-refractivity contribution in [3.05, 3.63) is 56.8 Å². The van der Waals surface area contributed by atoms with Crippen LogP contribution in [0, 0.1) is 3.70 Å². The highest BCUT2D eigenvalue weighted by Crippen LogP contribution is 2.45. The third-order valence-corrected chi connectivity index (χ3v) is 18.2. The summed E-state index contributed by atoms with van der Waals surface area (Å²) < 4.78 is 21.5. The zero-order chi connectivity index (χ0) is 31.0. The largest absolute Gasteiger partial charge is 0.543 e. The highest BCUT2D eigenvalue weighted by Gasteiger charge is 2.41. The van der Waals surface area contributed by atoms with E-state index in [4.69, 9.17) is 13.6 Å². The van der Waals surface area contributed by atoms with Gasteiger partial charge in [0.15, 0.2) is 0 Å². The van der Waals surface area contributed by atoms with E-state index in [1.165, 1.54) is 7.11 Å². The fourth-order valence-electron chi connectivity index (χ4n) is 3.76. The summed E-state index contributed by atoms with van der Waals surface area (Å²) in [6, 6.07) is 11.7. The first-order valence-electron chi connectivity index (χ1n) is 14.1. The number of aromatic nitrogens is 3. The van der Waals surface area contributed by atoms with Crippen LogP contribution in [0.25, 0.3) is 11.3 Å². The number of rotatable bonds is 9. The minimum Gasteiger partial charge on any atom is -0.543 e. The van der Waals surface area contributed by atoms with Gasteiger partial charge in [-0.05, 0) is 94.6 Å². The smallest absolute Gasteiger partial charge is 0.337 e. The predicted molar refractivity (Wildman–Crippen MR) is 180 cm³/mol. The molecule has 0 aliphatic heterocycles. The van der Waals surface area contributed by atoms with E-state index in [-0.39, 0.29) is 16.0 Å². The van der Waals surface area contributed by atoms with E-state index in [1.54, 1.807) is 6.07 Å². The fraction of sp³-hybridized carbons (Fsp3) is 0.516. The number of carbonyl (C=O) groups excluding carboxylic acids is 1. The molecule has 0 atom stereocenters. The lowest BCUT2D eigenvalue weighted by atomic mass is 10.0. The van der Waals surface area contributed by atoms with Crippen LogP contribution in [0.2, 0.25) is 36.3 Å². The summed E-state index contributed by atoms with van der Waals surface area (Å²) >= 11 is 2.31. The van der Waals surface area contributed by atoms with Crippen molar-refractivity contribution in [3.63, 3.8) is 0 Å². The third-order valence-electron chi connectivity index (χ3n) is 8.50. The molecule has 3 rings (SSSR count). The second-order valence-corrected chi connectivity index (χ2v) is 24.1. The maximum atomic E-state index is 12.0. The number of benzene rings is 2. The van der Waals surface area contributed by atoms with Crippen LogP contribution in [-0.4, -0.2) is 44.7 Å². The molecule has 1 heterocycles. The van der Waals surface area contributed by atoms with Gasteiger partial charge in [-0.15, -0.1) is 5.10 Å². The Hall–Kier alpha value is -2.19. The number of hydrogen-bond acceptors (Lipinski definition) is 6. The Labute approximate surface area is 261 Å². The number of halogens is 1. The number of aryl methyl sites for hydroxylation is 1. The number of carbonyl (C=O) groups is 1. The van der Waals surface area contributed by atoms with Gasteiger partial charge < -0.3 is 13.6 Å². The maximum Gasteiger partial charge on any atom is 0.337 e. The van der Waals surface area contributed by atoms with Crippen molar-refractivity contribution in [3.8, 4) is 22.8 Å². The molecule has 0 N–H and O–H groups in total. The minimum atomic E-state index is -2.19. The lowest BCUT2D eigenvalue weighted by Crippen LogP contribution is -2.44. The maximum absolute atomic E-state index is 12.0. The van der Waals surface area contributed by atoms with Crippen LogP contribution in [0.3, 0.4) is 0 Å². The van der Waals surface area contributed by atoms with Crippen LogP contribution in [-0.2, 0) is 17.7 Å². The molecule has 0 radical (unpaired) electrons. The Morgan fingerprint density at radius 3 is 2.05 bits per heavy atom. The zero-order valence-corrected chi connectivity index (χ0v) is 30.9. The van der Waals surface area contributed by atoms with Crippen molar-refractivity contribution in [1.82, 2.24) is 15.0 Å². The molecule has 41 heavy (non-hydrogen) atoms. The fourth-order valence-corrected chi connectivity index (χ4v) is 6.49. The van der Waals surface area contributed by atoms with Crippen molar-refractivity contribution in [2.24, 2.45) is 0 Å². The first-order valence-corrected chi connectivity index (χ1v) is 21.0. The van der Waals surface area contributed by atoms with Gasteiger partial charge in [0.1, 0.15) is 20.9 Å². The van der Waals surface area contributed by atoms with Crippen LogP contribution in [0.5, 0.6) is 11.5 Å². The molecule has 0 amide bonds. The molecule has 224 valence electrons. The summed E-state index contributed by atoms with van der Waals surface area (Å²) in [5, 5.41) is 9.24. The monoisotopic (exact) mass is 707 g/mol. The topological polar surface area (TPSA) is 75.5 Å². The van der Waals surface area contributed by atoms with Gasteiger partial charge in [0.25, 0.3) is 8.32 Å². The Bertz CT molecular complexity index is 1410. The van der Waals surface area contributed by atoms with Gasteiger partial charge in [0, 0.05) is 11.6 Å². The van der Waals surface area contributed by atoms with Crippen molar-refractivity contribution < 1.29 is 18.4 Å². The molecule has 0 saturated heterocycles.